The minimum absolute atomic E-state index is 0.000150. The molecule has 1 aliphatic heterocycles. The fourth-order valence-electron chi connectivity index (χ4n) is 3.69. The lowest BCUT2D eigenvalue weighted by Gasteiger charge is -2.29. The van der Waals surface area contributed by atoms with Crippen LogP contribution in [0.4, 0.5) is 0 Å². The Balaban J connectivity index is 1.59. The summed E-state index contributed by atoms with van der Waals surface area (Å²) in [5.41, 5.74) is 4.89. The van der Waals surface area contributed by atoms with Gasteiger partial charge in [0.25, 0.3) is 0 Å². The molecule has 3 rings (SSSR count). The van der Waals surface area contributed by atoms with Gasteiger partial charge in [-0.05, 0) is 54.2 Å². The molecule has 1 aliphatic rings. The van der Waals surface area contributed by atoms with Crippen LogP contribution in [0.3, 0.4) is 0 Å². The fraction of sp³-hybridized carbons (Fsp3) is 0.435. The smallest absolute Gasteiger partial charge is 0.234 e. The zero-order valence-electron chi connectivity index (χ0n) is 17.2. The summed E-state index contributed by atoms with van der Waals surface area (Å²) in [6, 6.07) is 12.5. The van der Waals surface area contributed by atoms with Crippen LogP contribution in [0.15, 0.2) is 36.4 Å². The molecule has 5 heteroatoms. The maximum atomic E-state index is 12.6. The van der Waals surface area contributed by atoms with Gasteiger partial charge in [0.1, 0.15) is 0 Å². The number of amides is 1. The summed E-state index contributed by atoms with van der Waals surface area (Å²) in [5, 5.41) is 3.12. The minimum atomic E-state index is -0.000150. The summed E-state index contributed by atoms with van der Waals surface area (Å²) in [4.78, 5) is 14.7. The zero-order chi connectivity index (χ0) is 20.1. The Hall–Kier alpha value is -2.53. The van der Waals surface area contributed by atoms with E-state index in [-0.39, 0.29) is 11.9 Å². The van der Waals surface area contributed by atoms with Crippen LogP contribution in [0.1, 0.15) is 42.1 Å². The predicted molar refractivity (Wildman–Crippen MR) is 111 cm³/mol. The van der Waals surface area contributed by atoms with E-state index in [0.717, 1.165) is 43.0 Å². The summed E-state index contributed by atoms with van der Waals surface area (Å²) in [7, 11) is 3.30. The number of hydrogen-bond donors (Lipinski definition) is 1. The minimum Gasteiger partial charge on any atom is -0.493 e. The highest BCUT2D eigenvalue weighted by atomic mass is 16.5. The highest BCUT2D eigenvalue weighted by Gasteiger charge is 2.21. The predicted octanol–water partition coefficient (Wildman–Crippen LogP) is 3.50. The number of nitrogens with zero attached hydrogens (tertiary/aromatic N) is 1. The summed E-state index contributed by atoms with van der Waals surface area (Å²) < 4.78 is 10.8. The zero-order valence-corrected chi connectivity index (χ0v) is 17.2. The van der Waals surface area contributed by atoms with Crippen molar-refractivity contribution in [2.75, 3.05) is 27.3 Å². The van der Waals surface area contributed by atoms with Gasteiger partial charge >= 0.3 is 0 Å². The van der Waals surface area contributed by atoms with Crippen LogP contribution in [-0.2, 0) is 24.2 Å². The Morgan fingerprint density at radius 1 is 1.11 bits per heavy atom. The molecule has 1 atom stereocenters. The van der Waals surface area contributed by atoms with Gasteiger partial charge in [0.2, 0.25) is 5.91 Å². The van der Waals surface area contributed by atoms with Crippen molar-refractivity contribution in [3.05, 3.63) is 58.7 Å². The Morgan fingerprint density at radius 2 is 1.75 bits per heavy atom. The highest BCUT2D eigenvalue weighted by molar-refractivity contribution is 5.78. The number of nitrogens with one attached hydrogen (secondary N) is 1. The molecular weight excluding hydrogens is 352 g/mol. The van der Waals surface area contributed by atoms with Crippen LogP contribution in [0.25, 0.3) is 0 Å². The van der Waals surface area contributed by atoms with E-state index in [1.165, 1.54) is 16.7 Å². The number of hydrogen-bond acceptors (Lipinski definition) is 4. The van der Waals surface area contributed by atoms with Crippen molar-refractivity contribution in [1.82, 2.24) is 10.2 Å². The number of carbonyl (C=O) groups excluding carboxylic acids is 1. The van der Waals surface area contributed by atoms with Crippen molar-refractivity contribution < 1.29 is 14.3 Å². The molecule has 0 spiro atoms. The first-order valence-corrected chi connectivity index (χ1v) is 9.88. The topological polar surface area (TPSA) is 50.8 Å². The first kappa shape index (κ1) is 20.2. The average Bonchev–Trinajstić information content (AvgIpc) is 2.72. The molecule has 150 valence electrons. The Kier molecular flexibility index (Phi) is 6.57. The second kappa shape index (κ2) is 9.11. The van der Waals surface area contributed by atoms with Gasteiger partial charge in [-0.1, -0.05) is 31.2 Å². The molecule has 1 N–H and O–H groups in total. The van der Waals surface area contributed by atoms with Gasteiger partial charge in [-0.15, -0.1) is 0 Å². The van der Waals surface area contributed by atoms with Crippen LogP contribution < -0.4 is 14.8 Å². The molecule has 0 unspecified atom stereocenters. The maximum absolute atomic E-state index is 12.6. The molecule has 0 saturated heterocycles. The lowest BCUT2D eigenvalue weighted by molar-refractivity contribution is -0.123. The van der Waals surface area contributed by atoms with Gasteiger partial charge in [0.05, 0.1) is 26.8 Å². The summed E-state index contributed by atoms with van der Waals surface area (Å²) in [6.07, 6.45) is 1.92. The molecule has 28 heavy (non-hydrogen) atoms. The van der Waals surface area contributed by atoms with Gasteiger partial charge in [-0.2, -0.15) is 0 Å². The Bertz CT molecular complexity index is 817. The second-order valence-electron chi connectivity index (χ2n) is 7.32. The monoisotopic (exact) mass is 382 g/mol. The highest BCUT2D eigenvalue weighted by Crippen LogP contribution is 2.33. The molecule has 5 nitrogen and oxygen atoms in total. The summed E-state index contributed by atoms with van der Waals surface area (Å²) in [6.45, 7) is 6.16. The van der Waals surface area contributed by atoms with E-state index in [0.29, 0.717) is 6.54 Å². The largest absolute Gasteiger partial charge is 0.493 e. The number of ether oxygens (including phenoxy) is 2. The van der Waals surface area contributed by atoms with E-state index >= 15 is 0 Å². The van der Waals surface area contributed by atoms with Gasteiger partial charge in [0, 0.05) is 13.1 Å². The van der Waals surface area contributed by atoms with Crippen LogP contribution >= 0.6 is 0 Å². The van der Waals surface area contributed by atoms with Crippen LogP contribution in [-0.4, -0.2) is 38.1 Å². The van der Waals surface area contributed by atoms with E-state index in [4.69, 9.17) is 9.47 Å². The van der Waals surface area contributed by atoms with E-state index in [2.05, 4.69) is 41.4 Å². The number of carbonyl (C=O) groups is 1. The molecule has 0 aliphatic carbocycles. The molecule has 0 aromatic heterocycles. The summed E-state index contributed by atoms with van der Waals surface area (Å²) >= 11 is 0. The molecule has 0 fully saturated rings. The maximum Gasteiger partial charge on any atom is 0.234 e. The molecule has 2 aromatic rings. The van der Waals surface area contributed by atoms with Gasteiger partial charge < -0.3 is 14.8 Å². The van der Waals surface area contributed by atoms with Crippen molar-refractivity contribution >= 4 is 5.91 Å². The average molecular weight is 383 g/mol. The van der Waals surface area contributed by atoms with Crippen molar-refractivity contribution in [3.8, 4) is 11.5 Å². The molecule has 0 saturated carbocycles. The second-order valence-corrected chi connectivity index (χ2v) is 7.32. The lowest BCUT2D eigenvalue weighted by atomic mass is 9.98. The number of aryl methyl sites for hydroxylation is 1. The fourth-order valence-corrected chi connectivity index (χ4v) is 3.69. The normalized spacial score (nSPS) is 14.9. The van der Waals surface area contributed by atoms with Crippen LogP contribution in [0, 0.1) is 0 Å². The third-order valence-corrected chi connectivity index (χ3v) is 5.43. The lowest BCUT2D eigenvalue weighted by Crippen LogP contribution is -2.40. The third-order valence-electron chi connectivity index (χ3n) is 5.43. The first-order chi connectivity index (χ1) is 13.5. The van der Waals surface area contributed by atoms with Crippen LogP contribution in [0.2, 0.25) is 0 Å². The van der Waals surface area contributed by atoms with Crippen molar-refractivity contribution in [3.63, 3.8) is 0 Å². The molecule has 0 bridgehead atoms. The molecule has 1 heterocycles. The van der Waals surface area contributed by atoms with Gasteiger partial charge in [-0.25, -0.2) is 0 Å². The Labute approximate surface area is 167 Å². The number of methoxy groups -OCH3 is 2. The standard InChI is InChI=1S/C23H30N2O3/c1-5-17-6-8-18(9-7-17)16(2)24-23(26)15-25-11-10-19-12-21(27-3)22(28-4)13-20(19)14-25/h6-9,12-13,16H,5,10-11,14-15H2,1-4H3,(H,24,26)/t16-/m1/s1. The van der Waals surface area contributed by atoms with Gasteiger partial charge in [0.15, 0.2) is 11.5 Å². The number of fused-ring (bicyclic) bond motifs is 1. The molecular formula is C23H30N2O3. The summed E-state index contributed by atoms with van der Waals surface area (Å²) in [5.74, 6) is 1.54. The molecule has 1 amide bonds. The van der Waals surface area contributed by atoms with E-state index < -0.39 is 0 Å². The quantitative estimate of drug-likeness (QED) is 0.796. The SMILES string of the molecule is CCc1ccc([C@@H](C)NC(=O)CN2CCc3cc(OC)c(OC)cc3C2)cc1. The van der Waals surface area contributed by atoms with E-state index in [9.17, 15) is 4.79 Å². The molecule has 0 radical (unpaired) electrons. The van der Waals surface area contributed by atoms with Crippen molar-refractivity contribution in [2.24, 2.45) is 0 Å². The van der Waals surface area contributed by atoms with Crippen LogP contribution in [0.5, 0.6) is 11.5 Å². The van der Waals surface area contributed by atoms with E-state index in [1.54, 1.807) is 14.2 Å². The molecule has 2 aromatic carbocycles. The Morgan fingerprint density at radius 3 is 2.36 bits per heavy atom. The number of rotatable bonds is 7. The van der Waals surface area contributed by atoms with Crippen molar-refractivity contribution in [1.29, 1.82) is 0 Å². The number of benzene rings is 2. The van der Waals surface area contributed by atoms with Crippen molar-refractivity contribution in [2.45, 2.75) is 39.3 Å². The third kappa shape index (κ3) is 4.65. The first-order valence-electron chi connectivity index (χ1n) is 9.88. The van der Waals surface area contributed by atoms with Gasteiger partial charge in [-0.3, -0.25) is 9.69 Å². The van der Waals surface area contributed by atoms with E-state index in [1.807, 2.05) is 19.1 Å².